The largest absolute Gasteiger partial charge is 0.350 e. The number of nitrogens with one attached hydrogen (secondary N) is 2. The van der Waals surface area contributed by atoms with E-state index in [1.165, 1.54) is 11.3 Å². The molecule has 2 N–H and O–H groups in total. The van der Waals surface area contributed by atoms with Crippen molar-refractivity contribution in [3.63, 3.8) is 0 Å². The van der Waals surface area contributed by atoms with Gasteiger partial charge in [0, 0.05) is 22.7 Å². The van der Waals surface area contributed by atoms with E-state index >= 15 is 0 Å². The van der Waals surface area contributed by atoms with Gasteiger partial charge in [-0.05, 0) is 63.2 Å². The molecular weight excluding hydrogens is 396 g/mol. The standard InChI is InChI=1S/C23H22N4O2S/c1-14(2)24-21(28)16-9-11-17(12-10-16)25-22(29)20-13-19-15(3)26-27(23(19)30-20)18-7-5-4-6-8-18/h4-14H,1-3H3,(H,24,28)(H,25,29). The summed E-state index contributed by atoms with van der Waals surface area (Å²) >= 11 is 1.41. The van der Waals surface area contributed by atoms with Crippen LogP contribution >= 0.6 is 11.3 Å². The number of benzene rings is 2. The van der Waals surface area contributed by atoms with E-state index in [0.717, 1.165) is 21.6 Å². The van der Waals surface area contributed by atoms with Crippen LogP contribution in [0.25, 0.3) is 15.9 Å². The van der Waals surface area contributed by atoms with Crippen molar-refractivity contribution in [3.8, 4) is 5.69 Å². The molecule has 0 atom stereocenters. The van der Waals surface area contributed by atoms with Gasteiger partial charge in [0.15, 0.2) is 0 Å². The van der Waals surface area contributed by atoms with Crippen LogP contribution in [0.2, 0.25) is 0 Å². The van der Waals surface area contributed by atoms with Crippen LogP contribution in [0.1, 0.15) is 39.6 Å². The van der Waals surface area contributed by atoms with Crippen LogP contribution < -0.4 is 10.6 Å². The summed E-state index contributed by atoms with van der Waals surface area (Å²) in [5.41, 5.74) is 3.03. The van der Waals surface area contributed by atoms with Gasteiger partial charge in [-0.2, -0.15) is 5.10 Å². The minimum Gasteiger partial charge on any atom is -0.350 e. The molecule has 30 heavy (non-hydrogen) atoms. The number of carbonyl (C=O) groups is 2. The first-order valence-corrected chi connectivity index (χ1v) is 10.5. The summed E-state index contributed by atoms with van der Waals surface area (Å²) in [5.74, 6) is -0.317. The summed E-state index contributed by atoms with van der Waals surface area (Å²) in [4.78, 5) is 26.4. The fourth-order valence-corrected chi connectivity index (χ4v) is 4.22. The van der Waals surface area contributed by atoms with Crippen molar-refractivity contribution in [1.29, 1.82) is 0 Å². The monoisotopic (exact) mass is 418 g/mol. The SMILES string of the molecule is Cc1nn(-c2ccccc2)c2sc(C(=O)Nc3ccc(C(=O)NC(C)C)cc3)cc12. The Morgan fingerprint density at radius 2 is 1.70 bits per heavy atom. The highest BCUT2D eigenvalue weighted by Crippen LogP contribution is 2.30. The molecule has 0 spiro atoms. The number of aryl methyl sites for hydroxylation is 1. The Morgan fingerprint density at radius 3 is 2.37 bits per heavy atom. The van der Waals surface area contributed by atoms with Gasteiger partial charge >= 0.3 is 0 Å². The Hall–Kier alpha value is -3.45. The van der Waals surface area contributed by atoms with E-state index < -0.39 is 0 Å². The smallest absolute Gasteiger partial charge is 0.265 e. The normalized spacial score (nSPS) is 11.1. The number of rotatable bonds is 5. The minimum absolute atomic E-state index is 0.0695. The second-order valence-electron chi connectivity index (χ2n) is 7.32. The van der Waals surface area contributed by atoms with Gasteiger partial charge in [-0.15, -0.1) is 11.3 Å². The average Bonchev–Trinajstić information content (AvgIpc) is 3.29. The maximum atomic E-state index is 12.8. The fraction of sp³-hybridized carbons (Fsp3) is 0.174. The van der Waals surface area contributed by atoms with E-state index in [0.29, 0.717) is 16.1 Å². The van der Waals surface area contributed by atoms with E-state index in [1.54, 1.807) is 24.3 Å². The molecule has 7 heteroatoms. The van der Waals surface area contributed by atoms with E-state index in [9.17, 15) is 9.59 Å². The molecule has 6 nitrogen and oxygen atoms in total. The van der Waals surface area contributed by atoms with Crippen molar-refractivity contribution in [2.45, 2.75) is 26.8 Å². The fourth-order valence-electron chi connectivity index (χ4n) is 3.15. The molecule has 2 amide bonds. The van der Waals surface area contributed by atoms with E-state index in [1.807, 2.05) is 61.9 Å². The summed E-state index contributed by atoms with van der Waals surface area (Å²) in [5, 5.41) is 11.3. The summed E-state index contributed by atoms with van der Waals surface area (Å²) in [6.45, 7) is 5.77. The van der Waals surface area contributed by atoms with Gasteiger partial charge in [0.1, 0.15) is 4.83 Å². The van der Waals surface area contributed by atoms with Crippen LogP contribution in [0.4, 0.5) is 5.69 Å². The van der Waals surface area contributed by atoms with E-state index in [-0.39, 0.29) is 17.9 Å². The maximum absolute atomic E-state index is 12.8. The lowest BCUT2D eigenvalue weighted by Crippen LogP contribution is -2.29. The van der Waals surface area contributed by atoms with Crippen molar-refractivity contribution >= 4 is 39.1 Å². The molecule has 0 unspecified atom stereocenters. The molecule has 0 aliphatic rings. The van der Waals surface area contributed by atoms with Crippen LogP contribution in [0.5, 0.6) is 0 Å². The highest BCUT2D eigenvalue weighted by Gasteiger charge is 2.17. The summed E-state index contributed by atoms with van der Waals surface area (Å²) in [6, 6.07) is 18.7. The van der Waals surface area contributed by atoms with Crippen molar-refractivity contribution < 1.29 is 9.59 Å². The highest BCUT2D eigenvalue weighted by molar-refractivity contribution is 7.20. The molecule has 2 aromatic carbocycles. The number of anilines is 1. The number of hydrogen-bond acceptors (Lipinski definition) is 4. The van der Waals surface area contributed by atoms with Crippen molar-refractivity contribution in [2.75, 3.05) is 5.32 Å². The Balaban J connectivity index is 1.55. The molecule has 4 rings (SSSR count). The summed E-state index contributed by atoms with van der Waals surface area (Å²) in [6.07, 6.45) is 0. The van der Waals surface area contributed by atoms with Gasteiger partial charge < -0.3 is 10.6 Å². The molecule has 152 valence electrons. The number of hydrogen-bond donors (Lipinski definition) is 2. The quantitative estimate of drug-likeness (QED) is 0.489. The third-order valence-corrected chi connectivity index (χ3v) is 5.70. The number of para-hydroxylation sites is 1. The number of nitrogens with zero attached hydrogens (tertiary/aromatic N) is 2. The van der Waals surface area contributed by atoms with Crippen LogP contribution in [0.3, 0.4) is 0 Å². The topological polar surface area (TPSA) is 76.0 Å². The minimum atomic E-state index is -0.186. The first-order chi connectivity index (χ1) is 14.4. The molecule has 0 saturated carbocycles. The molecule has 4 aromatic rings. The molecule has 0 saturated heterocycles. The molecule has 0 aliphatic carbocycles. The zero-order chi connectivity index (χ0) is 21.3. The Kier molecular flexibility index (Phi) is 5.37. The lowest BCUT2D eigenvalue weighted by atomic mass is 10.2. The summed E-state index contributed by atoms with van der Waals surface area (Å²) in [7, 11) is 0. The van der Waals surface area contributed by atoms with E-state index in [4.69, 9.17) is 0 Å². The van der Waals surface area contributed by atoms with Crippen molar-refractivity contribution in [3.05, 3.63) is 76.8 Å². The van der Waals surface area contributed by atoms with Gasteiger partial charge in [-0.25, -0.2) is 4.68 Å². The highest BCUT2D eigenvalue weighted by atomic mass is 32.1. The van der Waals surface area contributed by atoms with Crippen LogP contribution in [0.15, 0.2) is 60.7 Å². The van der Waals surface area contributed by atoms with Crippen molar-refractivity contribution in [1.82, 2.24) is 15.1 Å². The molecule has 0 bridgehead atoms. The second kappa shape index (κ2) is 8.12. The van der Waals surface area contributed by atoms with E-state index in [2.05, 4.69) is 15.7 Å². The van der Waals surface area contributed by atoms with Gasteiger partial charge in [0.05, 0.1) is 16.3 Å². The molecular formula is C23H22N4O2S. The molecule has 0 radical (unpaired) electrons. The lowest BCUT2D eigenvalue weighted by molar-refractivity contribution is 0.0942. The second-order valence-corrected chi connectivity index (χ2v) is 8.35. The Bertz CT molecular complexity index is 1210. The van der Waals surface area contributed by atoms with Crippen LogP contribution in [-0.2, 0) is 0 Å². The zero-order valence-electron chi connectivity index (χ0n) is 17.0. The average molecular weight is 419 g/mol. The molecule has 2 aromatic heterocycles. The predicted octanol–water partition coefficient (Wildman–Crippen LogP) is 4.79. The lowest BCUT2D eigenvalue weighted by Gasteiger charge is -2.09. The van der Waals surface area contributed by atoms with Gasteiger partial charge in [-0.3, -0.25) is 9.59 Å². The molecule has 0 aliphatic heterocycles. The summed E-state index contributed by atoms with van der Waals surface area (Å²) < 4.78 is 1.87. The van der Waals surface area contributed by atoms with Crippen LogP contribution in [-0.4, -0.2) is 27.6 Å². The van der Waals surface area contributed by atoms with Gasteiger partial charge in [-0.1, -0.05) is 18.2 Å². The first kappa shape index (κ1) is 19.8. The Morgan fingerprint density at radius 1 is 1.00 bits per heavy atom. The number of carbonyl (C=O) groups excluding carboxylic acids is 2. The number of fused-ring (bicyclic) bond motifs is 1. The van der Waals surface area contributed by atoms with Crippen LogP contribution in [0, 0.1) is 6.92 Å². The predicted molar refractivity (Wildman–Crippen MR) is 121 cm³/mol. The molecule has 2 heterocycles. The van der Waals surface area contributed by atoms with Gasteiger partial charge in [0.2, 0.25) is 0 Å². The number of thiophene rings is 1. The zero-order valence-corrected chi connectivity index (χ0v) is 17.8. The molecule has 0 fully saturated rings. The maximum Gasteiger partial charge on any atom is 0.265 e. The third kappa shape index (κ3) is 3.97. The number of amides is 2. The Labute approximate surface area is 178 Å². The van der Waals surface area contributed by atoms with Gasteiger partial charge in [0.25, 0.3) is 11.8 Å². The van der Waals surface area contributed by atoms with Crippen molar-refractivity contribution in [2.24, 2.45) is 0 Å². The first-order valence-electron chi connectivity index (χ1n) is 9.69. The third-order valence-electron chi connectivity index (χ3n) is 4.59. The number of aromatic nitrogens is 2.